The second-order valence-corrected chi connectivity index (χ2v) is 3.44. The number of hydrogen-bond donors (Lipinski definition) is 2. The van der Waals surface area contributed by atoms with Crippen LogP contribution in [0.1, 0.15) is 32.1 Å². The van der Waals surface area contributed by atoms with Gasteiger partial charge >= 0.3 is 0 Å². The number of Topliss-reactive ketones (excluding diaryl/α,β-unsaturated/α-hetero) is 1. The highest BCUT2D eigenvalue weighted by molar-refractivity contribution is 5.85. The summed E-state index contributed by atoms with van der Waals surface area (Å²) in [5.74, 6) is 0.240. The van der Waals surface area contributed by atoms with Crippen LogP contribution in [0.15, 0.2) is 0 Å². The normalized spacial score (nSPS) is 17.0. The van der Waals surface area contributed by atoms with E-state index >= 15 is 0 Å². The lowest BCUT2D eigenvalue weighted by atomic mass is 10.2. The zero-order valence-corrected chi connectivity index (χ0v) is 8.74. The average molecular weight is 207 g/mol. The van der Waals surface area contributed by atoms with Crippen molar-refractivity contribution in [1.29, 1.82) is 0 Å². The maximum absolute atomic E-state index is 11.1. The van der Waals surface area contributed by atoms with E-state index in [1.165, 1.54) is 25.7 Å². The van der Waals surface area contributed by atoms with Crippen LogP contribution in [0.4, 0.5) is 0 Å². The highest BCUT2D eigenvalue weighted by Crippen LogP contribution is 2.17. The molecular formula is C9H19ClN2O. The van der Waals surface area contributed by atoms with Crippen LogP contribution in [0.5, 0.6) is 0 Å². The van der Waals surface area contributed by atoms with Crippen LogP contribution in [-0.4, -0.2) is 24.9 Å². The van der Waals surface area contributed by atoms with Crippen molar-refractivity contribution in [3.05, 3.63) is 0 Å². The van der Waals surface area contributed by atoms with Crippen LogP contribution in [0.3, 0.4) is 0 Å². The molecular weight excluding hydrogens is 188 g/mol. The van der Waals surface area contributed by atoms with E-state index in [2.05, 4.69) is 5.32 Å². The molecule has 0 aromatic rings. The fourth-order valence-corrected chi connectivity index (χ4v) is 1.64. The molecule has 0 aromatic carbocycles. The zero-order chi connectivity index (χ0) is 8.81. The summed E-state index contributed by atoms with van der Waals surface area (Å²) in [6.07, 6.45) is 5.59. The molecule has 1 saturated carbocycles. The Kier molecular flexibility index (Phi) is 7.23. The Bertz CT molecular complexity index is 147. The Morgan fingerprint density at radius 2 is 2.00 bits per heavy atom. The average Bonchev–Trinajstić information content (AvgIpc) is 2.53. The largest absolute Gasteiger partial charge is 0.330 e. The van der Waals surface area contributed by atoms with Crippen molar-refractivity contribution in [3.8, 4) is 0 Å². The Balaban J connectivity index is 0.00000144. The molecule has 1 fully saturated rings. The molecule has 0 saturated heterocycles. The minimum atomic E-state index is 0. The van der Waals surface area contributed by atoms with Crippen LogP contribution in [0.2, 0.25) is 0 Å². The first-order valence-electron chi connectivity index (χ1n) is 4.78. The Morgan fingerprint density at radius 3 is 2.54 bits per heavy atom. The molecule has 0 bridgehead atoms. The van der Waals surface area contributed by atoms with Crippen LogP contribution in [0.25, 0.3) is 0 Å². The third-order valence-corrected chi connectivity index (χ3v) is 2.37. The quantitative estimate of drug-likeness (QED) is 0.702. The van der Waals surface area contributed by atoms with Gasteiger partial charge in [-0.15, -0.1) is 12.4 Å². The lowest BCUT2D eigenvalue weighted by molar-refractivity contribution is -0.118. The van der Waals surface area contributed by atoms with Gasteiger partial charge in [0.1, 0.15) is 5.78 Å². The zero-order valence-electron chi connectivity index (χ0n) is 7.92. The molecule has 0 amide bonds. The van der Waals surface area contributed by atoms with Crippen molar-refractivity contribution >= 4 is 18.2 Å². The molecule has 3 N–H and O–H groups in total. The number of rotatable bonds is 5. The smallest absolute Gasteiger partial charge is 0.147 e. The fourth-order valence-electron chi connectivity index (χ4n) is 1.64. The number of hydrogen-bond acceptors (Lipinski definition) is 3. The van der Waals surface area contributed by atoms with E-state index in [4.69, 9.17) is 5.73 Å². The van der Waals surface area contributed by atoms with Gasteiger partial charge in [-0.1, -0.05) is 12.8 Å². The van der Waals surface area contributed by atoms with Crippen molar-refractivity contribution in [3.63, 3.8) is 0 Å². The molecule has 0 aromatic heterocycles. The first-order chi connectivity index (χ1) is 5.83. The maximum atomic E-state index is 11.1. The molecule has 78 valence electrons. The van der Waals surface area contributed by atoms with E-state index in [9.17, 15) is 4.79 Å². The molecule has 3 nitrogen and oxygen atoms in total. The van der Waals surface area contributed by atoms with E-state index in [1.807, 2.05) is 0 Å². The van der Waals surface area contributed by atoms with Gasteiger partial charge in [0.25, 0.3) is 0 Å². The van der Waals surface area contributed by atoms with Crippen LogP contribution < -0.4 is 11.1 Å². The van der Waals surface area contributed by atoms with Gasteiger partial charge in [-0.25, -0.2) is 0 Å². The Morgan fingerprint density at radius 1 is 1.38 bits per heavy atom. The minimum Gasteiger partial charge on any atom is -0.330 e. The molecule has 1 aliphatic carbocycles. The predicted octanol–water partition coefficient (Wildman–Crippen LogP) is 0.858. The third-order valence-electron chi connectivity index (χ3n) is 2.37. The van der Waals surface area contributed by atoms with Crippen LogP contribution in [0, 0.1) is 0 Å². The molecule has 1 aliphatic rings. The van der Waals surface area contributed by atoms with Gasteiger partial charge in [0.2, 0.25) is 0 Å². The first-order valence-corrected chi connectivity index (χ1v) is 4.78. The molecule has 0 heterocycles. The van der Waals surface area contributed by atoms with Crippen molar-refractivity contribution in [1.82, 2.24) is 5.32 Å². The van der Waals surface area contributed by atoms with E-state index in [-0.39, 0.29) is 18.2 Å². The van der Waals surface area contributed by atoms with E-state index in [0.29, 0.717) is 25.6 Å². The topological polar surface area (TPSA) is 55.1 Å². The van der Waals surface area contributed by atoms with Gasteiger partial charge in [0, 0.05) is 12.5 Å². The standard InChI is InChI=1S/C9H18N2O.ClH/c10-6-5-9(12)7-11-8-3-1-2-4-8;/h8,11H,1-7,10H2;1H. The number of nitrogens with one attached hydrogen (secondary N) is 1. The number of carbonyl (C=O) groups excluding carboxylic acids is 1. The second-order valence-electron chi connectivity index (χ2n) is 3.44. The van der Waals surface area contributed by atoms with Crippen LogP contribution >= 0.6 is 12.4 Å². The molecule has 0 radical (unpaired) electrons. The van der Waals surface area contributed by atoms with Gasteiger partial charge in [0.05, 0.1) is 6.54 Å². The van der Waals surface area contributed by atoms with Gasteiger partial charge < -0.3 is 11.1 Å². The molecule has 4 heteroatoms. The van der Waals surface area contributed by atoms with E-state index in [1.54, 1.807) is 0 Å². The number of halogens is 1. The summed E-state index contributed by atoms with van der Waals surface area (Å²) in [6.45, 7) is 0.993. The van der Waals surface area contributed by atoms with Crippen molar-refractivity contribution < 1.29 is 4.79 Å². The predicted molar refractivity (Wildman–Crippen MR) is 56.2 cm³/mol. The first kappa shape index (κ1) is 12.9. The molecule has 0 atom stereocenters. The highest BCUT2D eigenvalue weighted by Gasteiger charge is 2.14. The summed E-state index contributed by atoms with van der Waals surface area (Å²) in [6, 6.07) is 0.590. The van der Waals surface area contributed by atoms with E-state index in [0.717, 1.165) is 0 Å². The third kappa shape index (κ3) is 5.24. The summed E-state index contributed by atoms with van der Waals surface area (Å²) >= 11 is 0. The van der Waals surface area contributed by atoms with Crippen molar-refractivity contribution in [2.75, 3.05) is 13.1 Å². The number of nitrogens with two attached hydrogens (primary N) is 1. The molecule has 1 rings (SSSR count). The highest BCUT2D eigenvalue weighted by atomic mass is 35.5. The second kappa shape index (κ2) is 7.30. The van der Waals surface area contributed by atoms with Crippen molar-refractivity contribution in [2.45, 2.75) is 38.1 Å². The number of ketones is 1. The maximum Gasteiger partial charge on any atom is 0.147 e. The van der Waals surface area contributed by atoms with Crippen molar-refractivity contribution in [2.24, 2.45) is 5.73 Å². The lowest BCUT2D eigenvalue weighted by Crippen LogP contribution is -2.32. The summed E-state index contributed by atoms with van der Waals surface area (Å²) in [5, 5.41) is 3.26. The monoisotopic (exact) mass is 206 g/mol. The van der Waals surface area contributed by atoms with Gasteiger partial charge in [-0.2, -0.15) is 0 Å². The van der Waals surface area contributed by atoms with Gasteiger partial charge in [0.15, 0.2) is 0 Å². The Labute approximate surface area is 85.9 Å². The molecule has 13 heavy (non-hydrogen) atoms. The lowest BCUT2D eigenvalue weighted by Gasteiger charge is -2.09. The molecule has 0 unspecified atom stereocenters. The van der Waals surface area contributed by atoms with Crippen LogP contribution in [-0.2, 0) is 4.79 Å². The number of carbonyl (C=O) groups is 1. The van der Waals surface area contributed by atoms with E-state index < -0.39 is 0 Å². The van der Waals surface area contributed by atoms with Gasteiger partial charge in [-0.3, -0.25) is 4.79 Å². The fraction of sp³-hybridized carbons (Fsp3) is 0.889. The summed E-state index contributed by atoms with van der Waals surface area (Å²) < 4.78 is 0. The molecule has 0 spiro atoms. The SMILES string of the molecule is Cl.NCCC(=O)CNC1CCCC1. The summed E-state index contributed by atoms with van der Waals surface area (Å²) in [7, 11) is 0. The minimum absolute atomic E-state index is 0. The van der Waals surface area contributed by atoms with Gasteiger partial charge in [-0.05, 0) is 19.4 Å². The molecule has 0 aliphatic heterocycles. The summed E-state index contributed by atoms with van der Waals surface area (Å²) in [5.41, 5.74) is 5.26. The Hall–Kier alpha value is -0.120. The summed E-state index contributed by atoms with van der Waals surface area (Å²) in [4.78, 5) is 11.1.